The zero-order valence-electron chi connectivity index (χ0n) is 10.6. The Morgan fingerprint density at radius 3 is 2.72 bits per heavy atom. The number of aromatic nitrogens is 4. The predicted molar refractivity (Wildman–Crippen MR) is 67.4 cm³/mol. The van der Waals surface area contributed by atoms with E-state index in [0.29, 0.717) is 11.6 Å². The van der Waals surface area contributed by atoms with Crippen LogP contribution in [0.2, 0.25) is 0 Å². The number of anilines is 1. The van der Waals surface area contributed by atoms with E-state index in [4.69, 9.17) is 0 Å². The Bertz CT molecular complexity index is 544. The fourth-order valence-corrected chi connectivity index (χ4v) is 1.35. The number of hydrogen-bond donors (Lipinski definition) is 2. The SMILES string of the molecule is Cc1ccc(NC(=O)c2n[nH]c(C(C)C)n2)nc1. The lowest BCUT2D eigenvalue weighted by Crippen LogP contribution is -2.14. The molecule has 1 amide bonds. The van der Waals surface area contributed by atoms with Crippen molar-refractivity contribution in [2.45, 2.75) is 26.7 Å². The summed E-state index contributed by atoms with van der Waals surface area (Å²) in [6.07, 6.45) is 1.69. The van der Waals surface area contributed by atoms with Gasteiger partial charge in [-0.2, -0.15) is 0 Å². The van der Waals surface area contributed by atoms with Crippen molar-refractivity contribution in [3.63, 3.8) is 0 Å². The summed E-state index contributed by atoms with van der Waals surface area (Å²) >= 11 is 0. The van der Waals surface area contributed by atoms with E-state index in [2.05, 4.69) is 25.5 Å². The monoisotopic (exact) mass is 245 g/mol. The van der Waals surface area contributed by atoms with Crippen molar-refractivity contribution in [3.8, 4) is 0 Å². The average Bonchev–Trinajstić information content (AvgIpc) is 2.81. The highest BCUT2D eigenvalue weighted by molar-refractivity contribution is 6.00. The molecule has 18 heavy (non-hydrogen) atoms. The third-order valence-corrected chi connectivity index (χ3v) is 2.41. The maximum absolute atomic E-state index is 11.8. The molecule has 0 unspecified atom stereocenters. The van der Waals surface area contributed by atoms with Crippen LogP contribution >= 0.6 is 0 Å². The Labute approximate surface area is 105 Å². The highest BCUT2D eigenvalue weighted by Crippen LogP contribution is 2.09. The second-order valence-electron chi connectivity index (χ2n) is 4.37. The van der Waals surface area contributed by atoms with Gasteiger partial charge in [-0.25, -0.2) is 9.97 Å². The summed E-state index contributed by atoms with van der Waals surface area (Å²) in [6, 6.07) is 3.61. The molecule has 0 fully saturated rings. The van der Waals surface area contributed by atoms with E-state index < -0.39 is 0 Å². The number of carbonyl (C=O) groups is 1. The van der Waals surface area contributed by atoms with Gasteiger partial charge in [0.25, 0.3) is 5.91 Å². The van der Waals surface area contributed by atoms with Gasteiger partial charge < -0.3 is 5.32 Å². The van der Waals surface area contributed by atoms with E-state index in [1.54, 1.807) is 12.3 Å². The topological polar surface area (TPSA) is 83.6 Å². The minimum absolute atomic E-state index is 0.126. The highest BCUT2D eigenvalue weighted by atomic mass is 16.2. The van der Waals surface area contributed by atoms with E-state index in [-0.39, 0.29) is 17.6 Å². The van der Waals surface area contributed by atoms with Crippen LogP contribution in [0.4, 0.5) is 5.82 Å². The molecular weight excluding hydrogens is 230 g/mol. The lowest BCUT2D eigenvalue weighted by molar-refractivity contribution is 0.101. The Kier molecular flexibility index (Phi) is 3.36. The van der Waals surface area contributed by atoms with Crippen LogP contribution in [0.5, 0.6) is 0 Å². The summed E-state index contributed by atoms with van der Waals surface area (Å²) in [5.41, 5.74) is 1.04. The zero-order chi connectivity index (χ0) is 13.1. The first-order valence-electron chi connectivity index (χ1n) is 5.72. The first-order chi connectivity index (χ1) is 8.56. The molecule has 0 aliphatic rings. The number of pyridine rings is 1. The third-order valence-electron chi connectivity index (χ3n) is 2.41. The van der Waals surface area contributed by atoms with Gasteiger partial charge in [-0.1, -0.05) is 19.9 Å². The highest BCUT2D eigenvalue weighted by Gasteiger charge is 2.14. The molecule has 6 heteroatoms. The Morgan fingerprint density at radius 2 is 2.17 bits per heavy atom. The summed E-state index contributed by atoms with van der Waals surface area (Å²) < 4.78 is 0. The third kappa shape index (κ3) is 2.71. The molecule has 2 aromatic rings. The lowest BCUT2D eigenvalue weighted by Gasteiger charge is -2.01. The van der Waals surface area contributed by atoms with Gasteiger partial charge in [0.15, 0.2) is 0 Å². The van der Waals surface area contributed by atoms with E-state index in [9.17, 15) is 4.79 Å². The number of hydrogen-bond acceptors (Lipinski definition) is 4. The number of aryl methyl sites for hydroxylation is 1. The van der Waals surface area contributed by atoms with Crippen LogP contribution < -0.4 is 5.32 Å². The number of rotatable bonds is 3. The van der Waals surface area contributed by atoms with Crippen LogP contribution in [-0.4, -0.2) is 26.1 Å². The molecule has 0 saturated heterocycles. The molecule has 0 aliphatic carbocycles. The largest absolute Gasteiger partial charge is 0.304 e. The van der Waals surface area contributed by atoms with Gasteiger partial charge in [0.1, 0.15) is 11.6 Å². The molecule has 0 saturated carbocycles. The summed E-state index contributed by atoms with van der Waals surface area (Å²) in [5, 5.41) is 9.26. The Balaban J connectivity index is 2.09. The average molecular weight is 245 g/mol. The van der Waals surface area contributed by atoms with Crippen LogP contribution in [0.15, 0.2) is 18.3 Å². The van der Waals surface area contributed by atoms with Crippen LogP contribution in [0.25, 0.3) is 0 Å². The summed E-state index contributed by atoms with van der Waals surface area (Å²) in [6.45, 7) is 5.89. The number of nitrogens with one attached hydrogen (secondary N) is 2. The molecule has 6 nitrogen and oxygen atoms in total. The van der Waals surface area contributed by atoms with E-state index in [1.165, 1.54) is 0 Å². The second kappa shape index (κ2) is 4.95. The number of amides is 1. The maximum Gasteiger partial charge on any atom is 0.296 e. The van der Waals surface area contributed by atoms with Gasteiger partial charge in [0.2, 0.25) is 5.82 Å². The smallest absolute Gasteiger partial charge is 0.296 e. The quantitative estimate of drug-likeness (QED) is 0.864. The van der Waals surface area contributed by atoms with Gasteiger partial charge in [0.05, 0.1) is 0 Å². The van der Waals surface area contributed by atoms with Crippen molar-refractivity contribution in [1.29, 1.82) is 0 Å². The lowest BCUT2D eigenvalue weighted by atomic mass is 10.2. The molecule has 0 bridgehead atoms. The van der Waals surface area contributed by atoms with Crippen molar-refractivity contribution in [2.75, 3.05) is 5.32 Å². The van der Waals surface area contributed by atoms with Crippen molar-refractivity contribution < 1.29 is 4.79 Å². The van der Waals surface area contributed by atoms with E-state index in [1.807, 2.05) is 26.8 Å². The predicted octanol–water partition coefficient (Wildman–Crippen LogP) is 1.88. The molecule has 94 valence electrons. The van der Waals surface area contributed by atoms with Crippen molar-refractivity contribution in [2.24, 2.45) is 0 Å². The van der Waals surface area contributed by atoms with Gasteiger partial charge in [0, 0.05) is 12.1 Å². The molecule has 0 radical (unpaired) electrons. The first-order valence-corrected chi connectivity index (χ1v) is 5.72. The zero-order valence-corrected chi connectivity index (χ0v) is 10.6. The molecule has 0 aliphatic heterocycles. The number of carbonyl (C=O) groups excluding carboxylic acids is 1. The first kappa shape index (κ1) is 12.2. The Morgan fingerprint density at radius 1 is 1.39 bits per heavy atom. The molecular formula is C12H15N5O. The standard InChI is InChI=1S/C12H15N5O/c1-7(2)10-15-11(17-16-10)12(18)14-9-5-4-8(3)6-13-9/h4-7H,1-3H3,(H,13,14,18)(H,15,16,17). The normalized spacial score (nSPS) is 10.7. The molecule has 0 spiro atoms. The molecule has 2 heterocycles. The van der Waals surface area contributed by atoms with Crippen molar-refractivity contribution in [1.82, 2.24) is 20.2 Å². The summed E-state index contributed by atoms with van der Waals surface area (Å²) in [5.74, 6) is 1.14. The summed E-state index contributed by atoms with van der Waals surface area (Å²) in [7, 11) is 0. The maximum atomic E-state index is 11.8. The van der Waals surface area contributed by atoms with Crippen LogP contribution in [-0.2, 0) is 0 Å². The molecule has 2 aromatic heterocycles. The molecule has 2 rings (SSSR count). The minimum atomic E-state index is -0.366. The second-order valence-corrected chi connectivity index (χ2v) is 4.37. The van der Waals surface area contributed by atoms with Gasteiger partial charge >= 0.3 is 0 Å². The molecule has 0 atom stereocenters. The summed E-state index contributed by atoms with van der Waals surface area (Å²) in [4.78, 5) is 20.0. The molecule has 0 aromatic carbocycles. The van der Waals surface area contributed by atoms with Crippen LogP contribution in [0.3, 0.4) is 0 Å². The van der Waals surface area contributed by atoms with E-state index >= 15 is 0 Å². The van der Waals surface area contributed by atoms with Gasteiger partial charge in [-0.15, -0.1) is 5.10 Å². The molecule has 2 N–H and O–H groups in total. The number of aromatic amines is 1. The fraction of sp³-hybridized carbons (Fsp3) is 0.333. The minimum Gasteiger partial charge on any atom is -0.304 e. The number of H-pyrrole nitrogens is 1. The van der Waals surface area contributed by atoms with E-state index in [0.717, 1.165) is 5.56 Å². The van der Waals surface area contributed by atoms with Gasteiger partial charge in [-0.3, -0.25) is 9.89 Å². The van der Waals surface area contributed by atoms with Crippen LogP contribution in [0.1, 0.15) is 41.8 Å². The van der Waals surface area contributed by atoms with Crippen molar-refractivity contribution >= 4 is 11.7 Å². The van der Waals surface area contributed by atoms with Gasteiger partial charge in [-0.05, 0) is 18.6 Å². The Hall–Kier alpha value is -2.24. The number of nitrogens with zero attached hydrogens (tertiary/aromatic N) is 3. The fourth-order valence-electron chi connectivity index (χ4n) is 1.35. The van der Waals surface area contributed by atoms with Crippen LogP contribution in [0, 0.1) is 6.92 Å². The van der Waals surface area contributed by atoms with Crippen molar-refractivity contribution in [3.05, 3.63) is 35.5 Å².